The number of hydrogen-bond acceptors (Lipinski definition) is 6. The molecule has 17 heavy (non-hydrogen) atoms. The molecule has 0 heterocycles. The molecule has 5 nitrogen and oxygen atoms in total. The van der Waals surface area contributed by atoms with Gasteiger partial charge in [-0.3, -0.25) is 4.79 Å². The highest BCUT2D eigenvalue weighted by Gasteiger charge is 2.23. The van der Waals surface area contributed by atoms with Gasteiger partial charge in [-0.25, -0.2) is 0 Å². The van der Waals surface area contributed by atoms with Crippen molar-refractivity contribution in [2.75, 3.05) is 5.75 Å². The summed E-state index contributed by atoms with van der Waals surface area (Å²) in [5.41, 5.74) is 0.0293. The zero-order valence-electron chi connectivity index (χ0n) is 9.20. The second-order valence-electron chi connectivity index (χ2n) is 3.53. The minimum absolute atomic E-state index is 0.0194. The average Bonchev–Trinajstić information content (AvgIpc) is 2.28. The maximum atomic E-state index is 10.7. The van der Waals surface area contributed by atoms with Crippen LogP contribution in [0.4, 0.5) is 0 Å². The lowest BCUT2D eigenvalue weighted by atomic mass is 10.0. The molecular weight excluding hydrogens is 244 g/mol. The van der Waals surface area contributed by atoms with Crippen molar-refractivity contribution < 1.29 is 25.2 Å². The maximum absolute atomic E-state index is 10.7. The molecule has 2 atom stereocenters. The molecule has 0 radical (unpaired) electrons. The van der Waals surface area contributed by atoms with Crippen LogP contribution in [0.25, 0.3) is 0 Å². The Morgan fingerprint density at radius 3 is 2.59 bits per heavy atom. The van der Waals surface area contributed by atoms with Crippen LogP contribution in [-0.2, 0) is 4.79 Å². The van der Waals surface area contributed by atoms with Crippen LogP contribution in [0.2, 0.25) is 0 Å². The number of thioether (sulfide) groups is 1. The van der Waals surface area contributed by atoms with E-state index in [1.807, 2.05) is 0 Å². The summed E-state index contributed by atoms with van der Waals surface area (Å²) in [4.78, 5) is 10.7. The van der Waals surface area contributed by atoms with Gasteiger partial charge < -0.3 is 20.4 Å². The Balaban J connectivity index is 2.77. The van der Waals surface area contributed by atoms with Crippen molar-refractivity contribution in [2.45, 2.75) is 19.1 Å². The molecule has 1 aromatic carbocycles. The second-order valence-corrected chi connectivity index (χ2v) is 4.73. The predicted molar refractivity (Wildman–Crippen MR) is 63.9 cm³/mol. The third-order valence-electron chi connectivity index (χ3n) is 2.19. The van der Waals surface area contributed by atoms with Crippen LogP contribution in [0.5, 0.6) is 11.5 Å². The monoisotopic (exact) mass is 258 g/mol. The zero-order valence-corrected chi connectivity index (χ0v) is 10.0. The summed E-state index contributed by atoms with van der Waals surface area (Å²) in [5, 5.41) is 38.0. The van der Waals surface area contributed by atoms with E-state index in [4.69, 9.17) is 0 Å². The zero-order chi connectivity index (χ0) is 13.0. The molecule has 0 saturated carbocycles. The van der Waals surface area contributed by atoms with Crippen molar-refractivity contribution in [3.63, 3.8) is 0 Å². The highest BCUT2D eigenvalue weighted by molar-refractivity contribution is 8.13. The van der Waals surface area contributed by atoms with Gasteiger partial charge in [0.25, 0.3) is 0 Å². The van der Waals surface area contributed by atoms with E-state index < -0.39 is 18.0 Å². The van der Waals surface area contributed by atoms with Crippen molar-refractivity contribution >= 4 is 16.9 Å². The van der Waals surface area contributed by atoms with Gasteiger partial charge in [0.1, 0.15) is 6.10 Å². The van der Waals surface area contributed by atoms with Gasteiger partial charge in [-0.15, -0.1) is 0 Å². The topological polar surface area (TPSA) is 98.0 Å². The number of phenolic OH excluding ortho intramolecular Hbond substituents is 2. The first-order valence-electron chi connectivity index (χ1n) is 4.93. The standard InChI is InChI=1S/C11H14O5S/c1-6(12)17-5-9(14)11(16)7-3-2-4-8(13)10(7)15/h2-4,9,11,13-16H,5H2,1H3. The Morgan fingerprint density at radius 2 is 2.00 bits per heavy atom. The Morgan fingerprint density at radius 1 is 1.35 bits per heavy atom. The number of aliphatic hydroxyl groups excluding tert-OH is 2. The van der Waals surface area contributed by atoms with Gasteiger partial charge in [0.15, 0.2) is 16.6 Å². The molecule has 1 rings (SSSR count). The molecule has 4 N–H and O–H groups in total. The van der Waals surface area contributed by atoms with Gasteiger partial charge in [0.2, 0.25) is 0 Å². The van der Waals surface area contributed by atoms with E-state index in [-0.39, 0.29) is 22.2 Å². The van der Waals surface area contributed by atoms with E-state index >= 15 is 0 Å². The lowest BCUT2D eigenvalue weighted by molar-refractivity contribution is -0.109. The highest BCUT2D eigenvalue weighted by Crippen LogP contribution is 2.34. The van der Waals surface area contributed by atoms with E-state index in [2.05, 4.69) is 0 Å². The first-order valence-corrected chi connectivity index (χ1v) is 5.92. The maximum Gasteiger partial charge on any atom is 0.185 e. The fraction of sp³-hybridized carbons (Fsp3) is 0.364. The first kappa shape index (κ1) is 13.8. The summed E-state index contributed by atoms with van der Waals surface area (Å²) < 4.78 is 0. The summed E-state index contributed by atoms with van der Waals surface area (Å²) in [7, 11) is 0. The summed E-state index contributed by atoms with van der Waals surface area (Å²) in [6.07, 6.45) is -2.55. The normalized spacial score (nSPS) is 14.3. The van der Waals surface area contributed by atoms with Gasteiger partial charge in [-0.2, -0.15) is 0 Å². The Labute approximate surface area is 103 Å². The van der Waals surface area contributed by atoms with E-state index in [9.17, 15) is 25.2 Å². The van der Waals surface area contributed by atoms with E-state index in [0.717, 1.165) is 11.8 Å². The fourth-order valence-corrected chi connectivity index (χ4v) is 1.88. The van der Waals surface area contributed by atoms with Gasteiger partial charge in [-0.05, 0) is 6.07 Å². The van der Waals surface area contributed by atoms with Crippen LogP contribution in [0.3, 0.4) is 0 Å². The largest absolute Gasteiger partial charge is 0.504 e. The summed E-state index contributed by atoms with van der Waals surface area (Å²) in [6, 6.07) is 4.10. The van der Waals surface area contributed by atoms with Crippen LogP contribution in [0.1, 0.15) is 18.6 Å². The van der Waals surface area contributed by atoms with E-state index in [0.29, 0.717) is 0 Å². The smallest absolute Gasteiger partial charge is 0.185 e. The first-order chi connectivity index (χ1) is 7.93. The molecule has 6 heteroatoms. The molecule has 94 valence electrons. The molecule has 0 aromatic heterocycles. The van der Waals surface area contributed by atoms with Crippen molar-refractivity contribution in [1.29, 1.82) is 0 Å². The van der Waals surface area contributed by atoms with Crippen molar-refractivity contribution in [1.82, 2.24) is 0 Å². The fourth-order valence-electron chi connectivity index (χ4n) is 1.29. The lowest BCUT2D eigenvalue weighted by Crippen LogP contribution is -2.21. The summed E-state index contributed by atoms with van der Waals surface area (Å²) in [5.74, 6) is -0.814. The van der Waals surface area contributed by atoms with Gasteiger partial charge >= 0.3 is 0 Å². The van der Waals surface area contributed by atoms with Gasteiger partial charge in [0, 0.05) is 18.2 Å². The van der Waals surface area contributed by atoms with Crippen LogP contribution in [0.15, 0.2) is 18.2 Å². The third kappa shape index (κ3) is 3.62. The third-order valence-corrected chi connectivity index (χ3v) is 3.10. The highest BCUT2D eigenvalue weighted by atomic mass is 32.2. The molecule has 0 saturated heterocycles. The molecule has 0 fully saturated rings. The Bertz CT molecular complexity index is 407. The number of aliphatic hydroxyl groups is 2. The number of carbonyl (C=O) groups excluding carboxylic acids is 1. The second kappa shape index (κ2) is 5.90. The molecular formula is C11H14O5S. The molecule has 0 amide bonds. The van der Waals surface area contributed by atoms with Crippen LogP contribution < -0.4 is 0 Å². The quantitative estimate of drug-likeness (QED) is 0.596. The molecule has 0 bridgehead atoms. The number of para-hydroxylation sites is 1. The molecule has 0 aliphatic rings. The number of phenols is 2. The molecule has 2 unspecified atom stereocenters. The van der Waals surface area contributed by atoms with Gasteiger partial charge in [0.05, 0.1) is 6.10 Å². The number of hydrogen-bond donors (Lipinski definition) is 4. The predicted octanol–water partition coefficient (Wildman–Crippen LogP) is 0.772. The summed E-state index contributed by atoms with van der Waals surface area (Å²) in [6.45, 7) is 1.36. The Kier molecular flexibility index (Phi) is 4.80. The van der Waals surface area contributed by atoms with E-state index in [1.54, 1.807) is 0 Å². The lowest BCUT2D eigenvalue weighted by Gasteiger charge is -2.18. The molecule has 1 aromatic rings. The van der Waals surface area contributed by atoms with E-state index in [1.165, 1.54) is 25.1 Å². The minimum atomic E-state index is -1.35. The van der Waals surface area contributed by atoms with Gasteiger partial charge in [-0.1, -0.05) is 23.9 Å². The number of rotatable bonds is 4. The minimum Gasteiger partial charge on any atom is -0.504 e. The average molecular weight is 258 g/mol. The molecule has 0 aliphatic heterocycles. The Hall–Kier alpha value is -1.24. The van der Waals surface area contributed by atoms with Crippen molar-refractivity contribution in [3.05, 3.63) is 23.8 Å². The molecule has 0 aliphatic carbocycles. The van der Waals surface area contributed by atoms with Crippen LogP contribution >= 0.6 is 11.8 Å². The molecule has 0 spiro atoms. The number of carbonyl (C=O) groups is 1. The van der Waals surface area contributed by atoms with Crippen LogP contribution in [-0.4, -0.2) is 37.4 Å². The SMILES string of the molecule is CC(=O)SCC(O)C(O)c1cccc(O)c1O. The number of aromatic hydroxyl groups is 2. The number of benzene rings is 1. The van der Waals surface area contributed by atoms with Crippen LogP contribution in [0, 0.1) is 0 Å². The summed E-state index contributed by atoms with van der Waals surface area (Å²) >= 11 is 0.879. The van der Waals surface area contributed by atoms with Crippen molar-refractivity contribution in [3.8, 4) is 11.5 Å². The van der Waals surface area contributed by atoms with Crippen molar-refractivity contribution in [2.24, 2.45) is 0 Å².